The van der Waals surface area contributed by atoms with Crippen LogP contribution in [-0.4, -0.2) is 30.8 Å². The molecule has 0 radical (unpaired) electrons. The number of benzene rings is 2. The molecule has 2 aromatic carbocycles. The van der Waals surface area contributed by atoms with Gasteiger partial charge in [0.05, 0.1) is 7.11 Å². The third kappa shape index (κ3) is 8.39. The third-order valence-corrected chi connectivity index (χ3v) is 4.04. The standard InChI is InChI=1S/C24H27FN2O4/c1-24(2,3)31-23(29)27-21(22(28)30-4)11-7-8-17-12-14-19(15-13-17)26-16-18-9-5-6-10-20(18)25/h5-6,9-10,12-15,21,26H,11,16H2,1-4H3,(H,27,29)/t21-/m0/s1. The van der Waals surface area contributed by atoms with E-state index in [9.17, 15) is 14.0 Å². The quantitative estimate of drug-likeness (QED) is 0.534. The summed E-state index contributed by atoms with van der Waals surface area (Å²) in [5, 5.41) is 5.63. The molecule has 0 bridgehead atoms. The molecule has 2 N–H and O–H groups in total. The van der Waals surface area contributed by atoms with E-state index in [0.717, 1.165) is 11.3 Å². The number of carbonyl (C=O) groups is 2. The van der Waals surface area contributed by atoms with Crippen molar-refractivity contribution in [3.05, 3.63) is 65.5 Å². The van der Waals surface area contributed by atoms with Crippen molar-refractivity contribution >= 4 is 17.7 Å². The second-order valence-corrected chi connectivity index (χ2v) is 7.75. The number of hydrogen-bond donors (Lipinski definition) is 2. The van der Waals surface area contributed by atoms with Crippen LogP contribution in [-0.2, 0) is 20.8 Å². The number of esters is 1. The Morgan fingerprint density at radius 1 is 1.10 bits per heavy atom. The van der Waals surface area contributed by atoms with Gasteiger partial charge in [-0.2, -0.15) is 0 Å². The van der Waals surface area contributed by atoms with Crippen LogP contribution < -0.4 is 10.6 Å². The molecule has 0 unspecified atom stereocenters. The zero-order valence-electron chi connectivity index (χ0n) is 18.1. The van der Waals surface area contributed by atoms with Gasteiger partial charge in [0, 0.05) is 29.8 Å². The summed E-state index contributed by atoms with van der Waals surface area (Å²) in [6.07, 6.45) is -0.644. The molecule has 1 amide bonds. The lowest BCUT2D eigenvalue weighted by atomic mass is 10.1. The Balaban J connectivity index is 1.94. The highest BCUT2D eigenvalue weighted by Crippen LogP contribution is 2.13. The summed E-state index contributed by atoms with van der Waals surface area (Å²) in [6, 6.07) is 13.0. The van der Waals surface area contributed by atoms with Gasteiger partial charge in [-0.25, -0.2) is 14.0 Å². The van der Waals surface area contributed by atoms with Crippen molar-refractivity contribution in [3.8, 4) is 11.8 Å². The number of anilines is 1. The molecule has 2 aromatic rings. The van der Waals surface area contributed by atoms with E-state index < -0.39 is 23.7 Å². The van der Waals surface area contributed by atoms with Crippen LogP contribution >= 0.6 is 0 Å². The zero-order chi connectivity index (χ0) is 22.9. The molecular formula is C24H27FN2O4. The van der Waals surface area contributed by atoms with E-state index in [0.29, 0.717) is 12.1 Å². The minimum absolute atomic E-state index is 0.0687. The topological polar surface area (TPSA) is 76.7 Å². The summed E-state index contributed by atoms with van der Waals surface area (Å²) in [4.78, 5) is 23.8. The fraction of sp³-hybridized carbons (Fsp3) is 0.333. The van der Waals surface area contributed by atoms with Crippen molar-refractivity contribution in [3.63, 3.8) is 0 Å². The average Bonchev–Trinajstić information content (AvgIpc) is 2.71. The maximum absolute atomic E-state index is 13.7. The first kappa shape index (κ1) is 23.7. The maximum atomic E-state index is 13.7. The summed E-state index contributed by atoms with van der Waals surface area (Å²) in [6.45, 7) is 5.56. The first-order chi connectivity index (χ1) is 14.7. The van der Waals surface area contributed by atoms with Gasteiger partial charge in [-0.3, -0.25) is 0 Å². The monoisotopic (exact) mass is 426 g/mol. The van der Waals surface area contributed by atoms with E-state index in [4.69, 9.17) is 9.47 Å². The number of carbonyl (C=O) groups excluding carboxylic acids is 2. The van der Waals surface area contributed by atoms with E-state index in [1.54, 1.807) is 39.0 Å². The van der Waals surface area contributed by atoms with Gasteiger partial charge in [0.15, 0.2) is 0 Å². The summed E-state index contributed by atoms with van der Waals surface area (Å²) >= 11 is 0. The SMILES string of the molecule is COC(=O)[C@H](CC#Cc1ccc(NCc2ccccc2F)cc1)NC(=O)OC(C)(C)C. The van der Waals surface area contributed by atoms with Gasteiger partial charge in [-0.1, -0.05) is 30.0 Å². The van der Waals surface area contributed by atoms with Gasteiger partial charge in [0.2, 0.25) is 0 Å². The highest BCUT2D eigenvalue weighted by molar-refractivity contribution is 5.81. The largest absolute Gasteiger partial charge is 0.467 e. The summed E-state index contributed by atoms with van der Waals surface area (Å²) in [5.41, 5.74) is 1.46. The molecule has 0 heterocycles. The molecule has 164 valence electrons. The molecule has 0 saturated carbocycles. The van der Waals surface area contributed by atoms with Crippen molar-refractivity contribution in [2.75, 3.05) is 12.4 Å². The van der Waals surface area contributed by atoms with Crippen LogP contribution in [0.15, 0.2) is 48.5 Å². The molecule has 0 aliphatic rings. The van der Waals surface area contributed by atoms with Crippen LogP contribution in [0.3, 0.4) is 0 Å². The number of alkyl carbamates (subject to hydrolysis) is 1. The molecule has 0 fully saturated rings. The molecule has 0 aromatic heterocycles. The van der Waals surface area contributed by atoms with Gasteiger partial charge >= 0.3 is 12.1 Å². The maximum Gasteiger partial charge on any atom is 0.408 e. The average molecular weight is 426 g/mol. The molecule has 0 aliphatic heterocycles. The lowest BCUT2D eigenvalue weighted by Gasteiger charge is -2.21. The fourth-order valence-corrected chi connectivity index (χ4v) is 2.55. The van der Waals surface area contributed by atoms with Crippen molar-refractivity contribution in [2.45, 2.75) is 45.4 Å². The van der Waals surface area contributed by atoms with Crippen molar-refractivity contribution in [1.29, 1.82) is 0 Å². The predicted molar refractivity (Wildman–Crippen MR) is 117 cm³/mol. The Labute approximate surface area is 182 Å². The van der Waals surface area contributed by atoms with E-state index in [-0.39, 0.29) is 12.2 Å². The second kappa shape index (κ2) is 11.0. The molecule has 0 aliphatic carbocycles. The van der Waals surface area contributed by atoms with Gasteiger partial charge in [-0.15, -0.1) is 0 Å². The third-order valence-electron chi connectivity index (χ3n) is 4.04. The van der Waals surface area contributed by atoms with Crippen molar-refractivity contribution in [2.24, 2.45) is 0 Å². The first-order valence-electron chi connectivity index (χ1n) is 9.81. The Morgan fingerprint density at radius 2 is 1.77 bits per heavy atom. The van der Waals surface area contributed by atoms with Crippen LogP contribution in [0, 0.1) is 17.7 Å². The van der Waals surface area contributed by atoms with E-state index in [1.165, 1.54) is 13.2 Å². The van der Waals surface area contributed by atoms with Crippen LogP contribution in [0.5, 0.6) is 0 Å². The number of hydrogen-bond acceptors (Lipinski definition) is 5. The molecule has 0 saturated heterocycles. The summed E-state index contributed by atoms with van der Waals surface area (Å²) < 4.78 is 23.6. The molecular weight excluding hydrogens is 399 g/mol. The highest BCUT2D eigenvalue weighted by atomic mass is 19.1. The summed E-state index contributed by atoms with van der Waals surface area (Å²) in [5.74, 6) is 4.97. The van der Waals surface area contributed by atoms with Crippen molar-refractivity contribution in [1.82, 2.24) is 5.32 Å². The van der Waals surface area contributed by atoms with Crippen LogP contribution in [0.4, 0.5) is 14.9 Å². The highest BCUT2D eigenvalue weighted by Gasteiger charge is 2.24. The Bertz CT molecular complexity index is 956. The van der Waals surface area contributed by atoms with Crippen molar-refractivity contribution < 1.29 is 23.5 Å². The molecule has 2 rings (SSSR count). The predicted octanol–water partition coefficient (Wildman–Crippen LogP) is 4.25. The number of amides is 1. The molecule has 0 spiro atoms. The van der Waals surface area contributed by atoms with Gasteiger partial charge in [0.1, 0.15) is 17.5 Å². The van der Waals surface area contributed by atoms with Gasteiger partial charge in [-0.05, 0) is 51.1 Å². The number of halogens is 1. The lowest BCUT2D eigenvalue weighted by molar-refractivity contribution is -0.143. The van der Waals surface area contributed by atoms with E-state index >= 15 is 0 Å². The molecule has 31 heavy (non-hydrogen) atoms. The lowest BCUT2D eigenvalue weighted by Crippen LogP contribution is -2.43. The fourth-order valence-electron chi connectivity index (χ4n) is 2.55. The minimum Gasteiger partial charge on any atom is -0.467 e. The number of methoxy groups -OCH3 is 1. The Kier molecular flexibility index (Phi) is 8.44. The number of rotatable bonds is 6. The zero-order valence-corrected chi connectivity index (χ0v) is 18.1. The minimum atomic E-state index is -0.936. The Hall–Kier alpha value is -3.53. The van der Waals surface area contributed by atoms with Crippen LogP contribution in [0.1, 0.15) is 38.3 Å². The van der Waals surface area contributed by atoms with Gasteiger partial charge < -0.3 is 20.1 Å². The number of ether oxygens (including phenoxy) is 2. The molecule has 7 heteroatoms. The molecule has 1 atom stereocenters. The van der Waals surface area contributed by atoms with E-state index in [2.05, 4.69) is 22.5 Å². The van der Waals surface area contributed by atoms with Gasteiger partial charge in [0.25, 0.3) is 0 Å². The van der Waals surface area contributed by atoms with Crippen LogP contribution in [0.2, 0.25) is 0 Å². The normalized spacial score (nSPS) is 11.5. The smallest absolute Gasteiger partial charge is 0.408 e. The first-order valence-corrected chi connectivity index (χ1v) is 9.81. The second-order valence-electron chi connectivity index (χ2n) is 7.75. The van der Waals surface area contributed by atoms with E-state index in [1.807, 2.05) is 24.3 Å². The van der Waals surface area contributed by atoms with Crippen LogP contribution in [0.25, 0.3) is 0 Å². The molecule has 6 nitrogen and oxygen atoms in total. The number of nitrogens with one attached hydrogen (secondary N) is 2. The summed E-state index contributed by atoms with van der Waals surface area (Å²) in [7, 11) is 1.24. The Morgan fingerprint density at radius 3 is 2.39 bits per heavy atom.